The zero-order valence-electron chi connectivity index (χ0n) is 9.60. The monoisotopic (exact) mass is 303 g/mol. The summed E-state index contributed by atoms with van der Waals surface area (Å²) in [7, 11) is 0. The van der Waals surface area contributed by atoms with Crippen molar-refractivity contribution in [3.05, 3.63) is 33.3 Å². The lowest BCUT2D eigenvalue weighted by Crippen LogP contribution is -2.32. The van der Waals surface area contributed by atoms with Gasteiger partial charge < -0.3 is 5.32 Å². The number of rotatable bonds is 2. The third-order valence-electron chi connectivity index (χ3n) is 1.98. The molecule has 0 unspecified atom stereocenters. The van der Waals surface area contributed by atoms with Crippen molar-refractivity contribution in [2.24, 2.45) is 5.41 Å². The van der Waals surface area contributed by atoms with Crippen molar-refractivity contribution in [1.29, 1.82) is 0 Å². The van der Waals surface area contributed by atoms with Crippen LogP contribution in [0.15, 0.2) is 22.7 Å². The van der Waals surface area contributed by atoms with Crippen LogP contribution < -0.4 is 5.32 Å². The first-order valence-corrected chi connectivity index (χ1v) is 6.20. The van der Waals surface area contributed by atoms with E-state index >= 15 is 0 Å². The Morgan fingerprint density at radius 1 is 1.44 bits per heavy atom. The Kier molecular flexibility index (Phi) is 4.39. The van der Waals surface area contributed by atoms with E-state index in [0.29, 0.717) is 17.1 Å². The summed E-state index contributed by atoms with van der Waals surface area (Å²) in [5, 5.41) is 3.32. The second-order valence-electron chi connectivity index (χ2n) is 4.84. The number of carbonyl (C=O) groups excluding carboxylic acids is 1. The summed E-state index contributed by atoms with van der Waals surface area (Å²) in [4.78, 5) is 11.8. The molecule has 1 rings (SSSR count). The number of amides is 1. The number of nitrogens with one attached hydrogen (secondary N) is 1. The Bertz CT molecular complexity index is 398. The molecule has 0 saturated heterocycles. The summed E-state index contributed by atoms with van der Waals surface area (Å²) < 4.78 is 0.734. The minimum absolute atomic E-state index is 0.0636. The molecule has 0 radical (unpaired) electrons. The van der Waals surface area contributed by atoms with Gasteiger partial charge in [0.2, 0.25) is 0 Å². The molecular formula is C12H15BrClNO. The highest BCUT2D eigenvalue weighted by atomic mass is 79.9. The highest BCUT2D eigenvalue weighted by molar-refractivity contribution is 9.10. The molecule has 4 heteroatoms. The lowest BCUT2D eigenvalue weighted by molar-refractivity contribution is 0.0939. The Balaban J connectivity index is 2.78. The predicted molar refractivity (Wildman–Crippen MR) is 70.9 cm³/mol. The fourth-order valence-electron chi connectivity index (χ4n) is 1.12. The van der Waals surface area contributed by atoms with Crippen LogP contribution in [0.4, 0.5) is 0 Å². The zero-order valence-corrected chi connectivity index (χ0v) is 11.9. The minimum Gasteiger partial charge on any atom is -0.351 e. The first-order chi connectivity index (χ1) is 7.31. The molecule has 1 aromatic rings. The molecule has 0 saturated carbocycles. The van der Waals surface area contributed by atoms with Crippen molar-refractivity contribution in [1.82, 2.24) is 5.32 Å². The van der Waals surface area contributed by atoms with Crippen LogP contribution in [-0.2, 0) is 0 Å². The first-order valence-electron chi connectivity index (χ1n) is 5.03. The molecule has 0 atom stereocenters. The van der Waals surface area contributed by atoms with Crippen LogP contribution in [0.3, 0.4) is 0 Å². The summed E-state index contributed by atoms with van der Waals surface area (Å²) in [6.07, 6.45) is 0. The fourth-order valence-corrected chi connectivity index (χ4v) is 1.70. The van der Waals surface area contributed by atoms with Crippen molar-refractivity contribution >= 4 is 33.4 Å². The third-order valence-corrected chi connectivity index (χ3v) is 3.27. The van der Waals surface area contributed by atoms with Crippen molar-refractivity contribution < 1.29 is 4.79 Å². The zero-order chi connectivity index (χ0) is 12.3. The van der Waals surface area contributed by atoms with Gasteiger partial charge in [-0.2, -0.15) is 0 Å². The van der Waals surface area contributed by atoms with Gasteiger partial charge in [-0.25, -0.2) is 0 Å². The van der Waals surface area contributed by atoms with E-state index < -0.39 is 0 Å². The fraction of sp³-hybridized carbons (Fsp3) is 0.417. The lowest BCUT2D eigenvalue weighted by Gasteiger charge is -2.19. The molecule has 0 fully saturated rings. The quantitative estimate of drug-likeness (QED) is 0.882. The second-order valence-corrected chi connectivity index (χ2v) is 6.08. The van der Waals surface area contributed by atoms with E-state index in [0.717, 1.165) is 4.47 Å². The second kappa shape index (κ2) is 5.19. The number of hydrogen-bond donors (Lipinski definition) is 1. The van der Waals surface area contributed by atoms with Crippen molar-refractivity contribution in [3.63, 3.8) is 0 Å². The average Bonchev–Trinajstić information content (AvgIpc) is 2.17. The van der Waals surface area contributed by atoms with Crippen LogP contribution in [0.25, 0.3) is 0 Å². The van der Waals surface area contributed by atoms with Gasteiger partial charge in [0.25, 0.3) is 5.91 Å². The van der Waals surface area contributed by atoms with Crippen molar-refractivity contribution in [2.45, 2.75) is 20.8 Å². The van der Waals surface area contributed by atoms with E-state index in [-0.39, 0.29) is 11.3 Å². The average molecular weight is 305 g/mol. The van der Waals surface area contributed by atoms with Gasteiger partial charge in [-0.1, -0.05) is 38.4 Å². The maximum atomic E-state index is 11.8. The van der Waals surface area contributed by atoms with Crippen LogP contribution in [0, 0.1) is 5.41 Å². The maximum absolute atomic E-state index is 11.8. The normalized spacial score (nSPS) is 11.3. The van der Waals surface area contributed by atoms with Crippen LogP contribution in [-0.4, -0.2) is 12.5 Å². The molecule has 2 nitrogen and oxygen atoms in total. The lowest BCUT2D eigenvalue weighted by atomic mass is 9.97. The number of benzene rings is 1. The van der Waals surface area contributed by atoms with Gasteiger partial charge in [-0.15, -0.1) is 0 Å². The molecule has 0 heterocycles. The van der Waals surface area contributed by atoms with E-state index in [1.54, 1.807) is 12.1 Å². The Morgan fingerprint density at radius 2 is 2.06 bits per heavy atom. The van der Waals surface area contributed by atoms with Crippen molar-refractivity contribution in [2.75, 3.05) is 6.54 Å². The Labute approximate surface area is 110 Å². The van der Waals surface area contributed by atoms with Gasteiger partial charge in [0.1, 0.15) is 0 Å². The molecule has 0 aliphatic carbocycles. The molecule has 16 heavy (non-hydrogen) atoms. The molecule has 1 amide bonds. The summed E-state index contributed by atoms with van der Waals surface area (Å²) in [5.74, 6) is -0.138. The van der Waals surface area contributed by atoms with Crippen LogP contribution in [0.5, 0.6) is 0 Å². The molecular weight excluding hydrogens is 289 g/mol. The molecule has 1 aromatic carbocycles. The highest BCUT2D eigenvalue weighted by Crippen LogP contribution is 2.26. The van der Waals surface area contributed by atoms with Gasteiger partial charge in [-0.3, -0.25) is 4.79 Å². The third kappa shape index (κ3) is 3.80. The Hall–Kier alpha value is -0.540. The van der Waals surface area contributed by atoms with Gasteiger partial charge in [-0.05, 0) is 33.5 Å². The number of halogens is 2. The summed E-state index contributed by atoms with van der Waals surface area (Å²) >= 11 is 9.32. The molecule has 88 valence electrons. The molecule has 0 spiro atoms. The Morgan fingerprint density at radius 3 is 2.62 bits per heavy atom. The SMILES string of the molecule is CC(C)(C)CNC(=O)c1cccc(Br)c1Cl. The molecule has 0 aliphatic rings. The molecule has 1 N–H and O–H groups in total. The summed E-state index contributed by atoms with van der Waals surface area (Å²) in [6.45, 7) is 6.82. The van der Waals surface area contributed by atoms with E-state index in [9.17, 15) is 4.79 Å². The predicted octanol–water partition coefficient (Wildman–Crippen LogP) is 3.88. The van der Waals surface area contributed by atoms with Crippen LogP contribution in [0.2, 0.25) is 5.02 Å². The largest absolute Gasteiger partial charge is 0.351 e. The molecule has 0 aliphatic heterocycles. The van der Waals surface area contributed by atoms with Crippen molar-refractivity contribution in [3.8, 4) is 0 Å². The standard InChI is InChI=1S/C12H15BrClNO/c1-12(2,3)7-15-11(16)8-5-4-6-9(13)10(8)14/h4-6H,7H2,1-3H3,(H,15,16). The van der Waals surface area contributed by atoms with E-state index in [1.807, 2.05) is 6.07 Å². The maximum Gasteiger partial charge on any atom is 0.252 e. The van der Waals surface area contributed by atoms with Crippen LogP contribution in [0.1, 0.15) is 31.1 Å². The van der Waals surface area contributed by atoms with Gasteiger partial charge in [0, 0.05) is 11.0 Å². The van der Waals surface area contributed by atoms with Gasteiger partial charge >= 0.3 is 0 Å². The smallest absolute Gasteiger partial charge is 0.252 e. The number of carbonyl (C=O) groups is 1. The summed E-state index contributed by atoms with van der Waals surface area (Å²) in [6, 6.07) is 5.32. The molecule has 0 aromatic heterocycles. The van der Waals surface area contributed by atoms with E-state index in [4.69, 9.17) is 11.6 Å². The first kappa shape index (κ1) is 13.5. The summed E-state index contributed by atoms with van der Waals surface area (Å²) in [5.41, 5.74) is 0.564. The van der Waals surface area contributed by atoms with E-state index in [1.165, 1.54) is 0 Å². The van der Waals surface area contributed by atoms with Gasteiger partial charge in [0.15, 0.2) is 0 Å². The van der Waals surface area contributed by atoms with E-state index in [2.05, 4.69) is 42.0 Å². The van der Waals surface area contributed by atoms with Gasteiger partial charge in [0.05, 0.1) is 10.6 Å². The topological polar surface area (TPSA) is 29.1 Å². The number of hydrogen-bond acceptors (Lipinski definition) is 1. The highest BCUT2D eigenvalue weighted by Gasteiger charge is 2.15. The molecule has 0 bridgehead atoms. The van der Waals surface area contributed by atoms with Crippen LogP contribution >= 0.6 is 27.5 Å². The minimum atomic E-state index is -0.138.